The molecule has 0 aliphatic heterocycles. The van der Waals surface area contributed by atoms with E-state index in [1.807, 2.05) is 0 Å². The SMILES string of the molecule is COc1cc(CC(C(=O)O)C(=O)O)cc(O)c1OC. The molecule has 0 radical (unpaired) electrons. The normalized spacial score (nSPS) is 10.3. The fraction of sp³-hybridized carbons (Fsp3) is 0.333. The zero-order valence-electron chi connectivity index (χ0n) is 10.4. The van der Waals surface area contributed by atoms with E-state index < -0.39 is 17.9 Å². The van der Waals surface area contributed by atoms with E-state index in [2.05, 4.69) is 0 Å². The number of phenolic OH excluding ortho intramolecular Hbond substituents is 1. The van der Waals surface area contributed by atoms with Crippen molar-refractivity contribution in [3.8, 4) is 17.2 Å². The molecule has 0 aliphatic rings. The molecule has 19 heavy (non-hydrogen) atoms. The minimum Gasteiger partial charge on any atom is -0.504 e. The fourth-order valence-electron chi connectivity index (χ4n) is 1.63. The summed E-state index contributed by atoms with van der Waals surface area (Å²) in [7, 11) is 2.70. The highest BCUT2D eigenvalue weighted by molar-refractivity contribution is 5.93. The minimum absolute atomic E-state index is 0.105. The summed E-state index contributed by atoms with van der Waals surface area (Å²) in [5.74, 6) is -4.41. The molecule has 0 unspecified atom stereocenters. The Labute approximate surface area is 109 Å². The number of carbonyl (C=O) groups is 2. The van der Waals surface area contributed by atoms with Crippen molar-refractivity contribution in [2.45, 2.75) is 6.42 Å². The van der Waals surface area contributed by atoms with Crippen LogP contribution < -0.4 is 9.47 Å². The van der Waals surface area contributed by atoms with Crippen LogP contribution in [0.4, 0.5) is 0 Å². The molecule has 0 bridgehead atoms. The van der Waals surface area contributed by atoms with Gasteiger partial charge in [-0.2, -0.15) is 0 Å². The van der Waals surface area contributed by atoms with Gasteiger partial charge in [0.2, 0.25) is 5.75 Å². The molecule has 0 atom stereocenters. The van der Waals surface area contributed by atoms with E-state index >= 15 is 0 Å². The molecule has 7 nitrogen and oxygen atoms in total. The summed E-state index contributed by atoms with van der Waals surface area (Å²) < 4.78 is 9.89. The first-order valence-electron chi connectivity index (χ1n) is 5.30. The molecular weight excluding hydrogens is 256 g/mol. The van der Waals surface area contributed by atoms with E-state index in [9.17, 15) is 14.7 Å². The molecule has 0 aliphatic carbocycles. The first-order chi connectivity index (χ1) is 8.90. The van der Waals surface area contributed by atoms with Crippen molar-refractivity contribution in [2.24, 2.45) is 5.92 Å². The quantitative estimate of drug-likeness (QED) is 0.653. The maximum absolute atomic E-state index is 10.8. The van der Waals surface area contributed by atoms with Crippen molar-refractivity contribution in [3.05, 3.63) is 17.7 Å². The number of aliphatic carboxylic acids is 2. The van der Waals surface area contributed by atoms with Crippen LogP contribution in [0.25, 0.3) is 0 Å². The van der Waals surface area contributed by atoms with Crippen LogP contribution in [-0.2, 0) is 16.0 Å². The number of rotatable bonds is 6. The van der Waals surface area contributed by atoms with Gasteiger partial charge >= 0.3 is 11.9 Å². The Morgan fingerprint density at radius 3 is 2.16 bits per heavy atom. The van der Waals surface area contributed by atoms with Gasteiger partial charge in [0.15, 0.2) is 17.4 Å². The molecule has 104 valence electrons. The first-order valence-corrected chi connectivity index (χ1v) is 5.30. The van der Waals surface area contributed by atoms with Gasteiger partial charge in [-0.15, -0.1) is 0 Å². The van der Waals surface area contributed by atoms with Gasteiger partial charge in [-0.25, -0.2) is 0 Å². The lowest BCUT2D eigenvalue weighted by Crippen LogP contribution is -2.25. The summed E-state index contributed by atoms with van der Waals surface area (Å²) >= 11 is 0. The van der Waals surface area contributed by atoms with Crippen LogP contribution in [0.1, 0.15) is 5.56 Å². The van der Waals surface area contributed by atoms with Gasteiger partial charge in [-0.3, -0.25) is 9.59 Å². The Hall–Kier alpha value is -2.44. The molecule has 1 aromatic carbocycles. The second-order valence-corrected chi connectivity index (χ2v) is 3.78. The Morgan fingerprint density at radius 2 is 1.74 bits per heavy atom. The second kappa shape index (κ2) is 5.94. The molecule has 0 heterocycles. The minimum atomic E-state index is -1.59. The van der Waals surface area contributed by atoms with Crippen LogP contribution >= 0.6 is 0 Å². The highest BCUT2D eigenvalue weighted by atomic mass is 16.5. The predicted octanol–water partition coefficient (Wildman–Crippen LogP) is 0.737. The van der Waals surface area contributed by atoms with E-state index in [1.54, 1.807) is 0 Å². The maximum Gasteiger partial charge on any atom is 0.318 e. The molecule has 0 amide bonds. The molecular formula is C12H14O7. The molecule has 0 saturated heterocycles. The fourth-order valence-corrected chi connectivity index (χ4v) is 1.63. The summed E-state index contributed by atoms with van der Waals surface area (Å²) in [5.41, 5.74) is 0.324. The van der Waals surface area contributed by atoms with Gasteiger partial charge in [-0.05, 0) is 24.1 Å². The Morgan fingerprint density at radius 1 is 1.16 bits per heavy atom. The van der Waals surface area contributed by atoms with E-state index in [1.165, 1.54) is 26.4 Å². The van der Waals surface area contributed by atoms with E-state index in [0.717, 1.165) is 0 Å². The molecule has 0 aromatic heterocycles. The Kier molecular flexibility index (Phi) is 4.57. The Bertz CT molecular complexity index is 481. The molecule has 0 saturated carbocycles. The van der Waals surface area contributed by atoms with Gasteiger partial charge < -0.3 is 24.8 Å². The highest BCUT2D eigenvalue weighted by Gasteiger charge is 2.27. The topological polar surface area (TPSA) is 113 Å². The third-order valence-electron chi connectivity index (χ3n) is 2.56. The highest BCUT2D eigenvalue weighted by Crippen LogP contribution is 2.37. The van der Waals surface area contributed by atoms with Crippen LogP contribution in [0.3, 0.4) is 0 Å². The van der Waals surface area contributed by atoms with Gasteiger partial charge in [0.05, 0.1) is 14.2 Å². The van der Waals surface area contributed by atoms with Crippen LogP contribution in [-0.4, -0.2) is 41.5 Å². The van der Waals surface area contributed by atoms with E-state index in [0.29, 0.717) is 5.56 Å². The van der Waals surface area contributed by atoms with Gasteiger partial charge in [0.25, 0.3) is 0 Å². The van der Waals surface area contributed by atoms with Crippen LogP contribution in [0.2, 0.25) is 0 Å². The predicted molar refractivity (Wildman–Crippen MR) is 63.7 cm³/mol. The van der Waals surface area contributed by atoms with E-state index in [-0.39, 0.29) is 23.7 Å². The zero-order chi connectivity index (χ0) is 14.6. The van der Waals surface area contributed by atoms with Crippen molar-refractivity contribution in [2.75, 3.05) is 14.2 Å². The number of methoxy groups -OCH3 is 2. The molecule has 1 aromatic rings. The number of hydrogen-bond donors (Lipinski definition) is 3. The molecule has 0 spiro atoms. The number of phenols is 1. The number of carboxylic acid groups (broad SMARTS) is 2. The number of ether oxygens (including phenoxy) is 2. The average molecular weight is 270 g/mol. The molecule has 1 rings (SSSR count). The summed E-state index contributed by atoms with van der Waals surface area (Å²) in [6, 6.07) is 2.68. The van der Waals surface area contributed by atoms with Gasteiger partial charge in [0.1, 0.15) is 0 Å². The Balaban J connectivity index is 3.11. The largest absolute Gasteiger partial charge is 0.504 e. The number of aromatic hydroxyl groups is 1. The van der Waals surface area contributed by atoms with Crippen LogP contribution in [0, 0.1) is 5.92 Å². The summed E-state index contributed by atoms with van der Waals surface area (Å²) in [6.07, 6.45) is -0.265. The lowest BCUT2D eigenvalue weighted by molar-refractivity contribution is -0.154. The van der Waals surface area contributed by atoms with Gasteiger partial charge in [0, 0.05) is 0 Å². The van der Waals surface area contributed by atoms with Crippen molar-refractivity contribution in [1.29, 1.82) is 0 Å². The monoisotopic (exact) mass is 270 g/mol. The standard InChI is InChI=1S/C12H14O7/c1-18-9-5-6(4-8(13)10(9)19-2)3-7(11(14)15)12(16)17/h4-5,7,13H,3H2,1-2H3,(H,14,15)(H,16,17). The van der Waals surface area contributed by atoms with Crippen molar-refractivity contribution < 1.29 is 34.4 Å². The van der Waals surface area contributed by atoms with E-state index in [4.69, 9.17) is 19.7 Å². The van der Waals surface area contributed by atoms with Crippen LogP contribution in [0.5, 0.6) is 17.2 Å². The lowest BCUT2D eigenvalue weighted by atomic mass is 9.99. The molecule has 7 heteroatoms. The summed E-state index contributed by atoms with van der Waals surface area (Å²) in [4.78, 5) is 21.6. The first kappa shape index (κ1) is 14.6. The third-order valence-corrected chi connectivity index (χ3v) is 2.56. The summed E-state index contributed by atoms with van der Waals surface area (Å²) in [6.45, 7) is 0. The van der Waals surface area contributed by atoms with Crippen LogP contribution in [0.15, 0.2) is 12.1 Å². The van der Waals surface area contributed by atoms with Crippen molar-refractivity contribution in [1.82, 2.24) is 0 Å². The lowest BCUT2D eigenvalue weighted by Gasteiger charge is -2.13. The number of benzene rings is 1. The maximum atomic E-state index is 10.8. The zero-order valence-corrected chi connectivity index (χ0v) is 10.4. The average Bonchev–Trinajstić information content (AvgIpc) is 2.34. The number of hydrogen-bond acceptors (Lipinski definition) is 5. The summed E-state index contributed by atoms with van der Waals surface area (Å²) in [5, 5.41) is 27.3. The molecule has 0 fully saturated rings. The number of carboxylic acids is 2. The van der Waals surface area contributed by atoms with Gasteiger partial charge in [-0.1, -0.05) is 0 Å². The van der Waals surface area contributed by atoms with Crippen molar-refractivity contribution in [3.63, 3.8) is 0 Å². The second-order valence-electron chi connectivity index (χ2n) is 3.78. The third kappa shape index (κ3) is 3.27. The van der Waals surface area contributed by atoms with Crippen molar-refractivity contribution >= 4 is 11.9 Å². The smallest absolute Gasteiger partial charge is 0.318 e. The molecule has 3 N–H and O–H groups in total.